The van der Waals surface area contributed by atoms with E-state index in [9.17, 15) is 4.79 Å². The largest absolute Gasteiger partial charge is 0.354 e. The summed E-state index contributed by atoms with van der Waals surface area (Å²) in [5, 5.41) is 4.75. The second-order valence-corrected chi connectivity index (χ2v) is 7.02. The first-order chi connectivity index (χ1) is 11.6. The van der Waals surface area contributed by atoms with Crippen LogP contribution in [0.15, 0.2) is 17.0 Å². The van der Waals surface area contributed by atoms with Crippen LogP contribution in [0.4, 0.5) is 0 Å². The Morgan fingerprint density at radius 2 is 2.29 bits per heavy atom. The number of nitrogens with one attached hydrogen (secondary N) is 1. The minimum atomic E-state index is -0.157. The first-order valence-corrected chi connectivity index (χ1v) is 9.24. The van der Waals surface area contributed by atoms with Crippen LogP contribution in [0.1, 0.15) is 40.5 Å². The van der Waals surface area contributed by atoms with E-state index in [-0.39, 0.29) is 5.91 Å². The summed E-state index contributed by atoms with van der Waals surface area (Å²) in [5.74, 6) is 1.06. The lowest BCUT2D eigenvalue weighted by atomic mass is 9.93. The maximum atomic E-state index is 11.8. The molecule has 0 bridgehead atoms. The average Bonchev–Trinajstić information content (AvgIpc) is 3.07. The topological polar surface area (TPSA) is 71.0 Å². The van der Waals surface area contributed by atoms with Crippen LogP contribution in [0.3, 0.4) is 0 Å². The Balaban J connectivity index is 1.64. The highest BCUT2D eigenvalue weighted by molar-refractivity contribution is 7.07. The summed E-state index contributed by atoms with van der Waals surface area (Å²) in [6.45, 7) is 4.94. The summed E-state index contributed by atoms with van der Waals surface area (Å²) < 4.78 is 0. The fourth-order valence-electron chi connectivity index (χ4n) is 3.28. The molecule has 0 saturated carbocycles. The van der Waals surface area contributed by atoms with Gasteiger partial charge >= 0.3 is 0 Å². The summed E-state index contributed by atoms with van der Waals surface area (Å²) in [5.41, 5.74) is 4.46. The van der Waals surface area contributed by atoms with Gasteiger partial charge in [-0.3, -0.25) is 9.69 Å². The number of aryl methyl sites for hydroxylation is 1. The van der Waals surface area contributed by atoms with E-state index < -0.39 is 0 Å². The number of amides is 1. The molecule has 7 heteroatoms. The molecule has 1 saturated heterocycles. The number of likely N-dealkylation sites (tertiary alicyclic amines) is 1. The number of carbonyl (C=O) groups is 1. The van der Waals surface area contributed by atoms with Crippen LogP contribution in [-0.2, 0) is 13.0 Å². The maximum absolute atomic E-state index is 11.8. The molecule has 1 aliphatic heterocycles. The van der Waals surface area contributed by atoms with Gasteiger partial charge < -0.3 is 5.32 Å². The monoisotopic (exact) mass is 345 g/mol. The van der Waals surface area contributed by atoms with Gasteiger partial charge in [0.2, 0.25) is 0 Å². The second-order valence-electron chi connectivity index (χ2n) is 6.30. The van der Waals surface area contributed by atoms with Gasteiger partial charge in [0.1, 0.15) is 11.5 Å². The highest BCUT2D eigenvalue weighted by atomic mass is 32.1. The van der Waals surface area contributed by atoms with E-state index >= 15 is 0 Å². The Labute approximate surface area is 146 Å². The van der Waals surface area contributed by atoms with Gasteiger partial charge in [-0.25, -0.2) is 15.0 Å². The number of aromatic nitrogens is 3. The van der Waals surface area contributed by atoms with Gasteiger partial charge in [0.05, 0.1) is 11.2 Å². The quantitative estimate of drug-likeness (QED) is 0.898. The van der Waals surface area contributed by atoms with Crippen molar-refractivity contribution in [2.45, 2.75) is 32.7 Å². The highest BCUT2D eigenvalue weighted by Crippen LogP contribution is 2.22. The number of rotatable bonds is 5. The minimum Gasteiger partial charge on any atom is -0.354 e. The van der Waals surface area contributed by atoms with Crippen molar-refractivity contribution in [2.24, 2.45) is 5.92 Å². The smallest absolute Gasteiger partial charge is 0.269 e. The Kier molecular flexibility index (Phi) is 5.52. The van der Waals surface area contributed by atoms with Gasteiger partial charge in [0.15, 0.2) is 0 Å². The number of carbonyl (C=O) groups excluding carboxylic acids is 1. The van der Waals surface area contributed by atoms with Gasteiger partial charge in [-0.15, -0.1) is 11.3 Å². The fourth-order valence-corrected chi connectivity index (χ4v) is 3.83. The molecule has 0 unspecified atom stereocenters. The van der Waals surface area contributed by atoms with E-state index in [1.807, 2.05) is 18.5 Å². The third-order valence-corrected chi connectivity index (χ3v) is 4.96. The molecular formula is C17H23N5OS. The molecule has 2 aromatic rings. The molecule has 24 heavy (non-hydrogen) atoms. The van der Waals surface area contributed by atoms with Crippen molar-refractivity contribution < 1.29 is 4.79 Å². The Hall–Kier alpha value is -1.86. The normalized spacial score (nSPS) is 18.5. The number of nitrogens with zero attached hydrogens (tertiary/aromatic N) is 4. The van der Waals surface area contributed by atoms with Crippen LogP contribution < -0.4 is 5.32 Å². The Morgan fingerprint density at radius 3 is 3.04 bits per heavy atom. The van der Waals surface area contributed by atoms with Crippen molar-refractivity contribution in [2.75, 3.05) is 20.1 Å². The molecule has 3 rings (SSSR count). The zero-order valence-corrected chi connectivity index (χ0v) is 15.0. The van der Waals surface area contributed by atoms with Crippen molar-refractivity contribution in [1.29, 1.82) is 0 Å². The molecule has 1 atom stereocenters. The van der Waals surface area contributed by atoms with Crippen LogP contribution in [-0.4, -0.2) is 45.9 Å². The molecule has 1 aliphatic rings. The molecule has 0 radical (unpaired) electrons. The first kappa shape index (κ1) is 17.0. The van der Waals surface area contributed by atoms with E-state index in [1.54, 1.807) is 18.4 Å². The molecule has 0 aliphatic carbocycles. The van der Waals surface area contributed by atoms with Gasteiger partial charge in [-0.1, -0.05) is 0 Å². The SMILES string of the molecule is CNC(=O)c1cc(C[C@H]2CCCN(Cc3cscn3)C2)nc(C)n1. The summed E-state index contributed by atoms with van der Waals surface area (Å²) >= 11 is 1.65. The van der Waals surface area contributed by atoms with E-state index in [0.717, 1.165) is 37.4 Å². The van der Waals surface area contributed by atoms with E-state index in [1.165, 1.54) is 12.8 Å². The van der Waals surface area contributed by atoms with Crippen molar-refractivity contribution in [3.8, 4) is 0 Å². The molecular weight excluding hydrogens is 322 g/mol. The molecule has 128 valence electrons. The lowest BCUT2D eigenvalue weighted by Gasteiger charge is -2.32. The molecule has 2 aromatic heterocycles. The number of piperidine rings is 1. The maximum Gasteiger partial charge on any atom is 0.269 e. The average molecular weight is 345 g/mol. The molecule has 0 aromatic carbocycles. The van der Waals surface area contributed by atoms with Crippen LogP contribution in [0.25, 0.3) is 0 Å². The fraction of sp³-hybridized carbons (Fsp3) is 0.529. The zero-order valence-electron chi connectivity index (χ0n) is 14.2. The lowest BCUT2D eigenvalue weighted by Crippen LogP contribution is -2.36. The number of thiazole rings is 1. The van der Waals surface area contributed by atoms with Gasteiger partial charge in [0, 0.05) is 31.2 Å². The van der Waals surface area contributed by atoms with Crippen LogP contribution >= 0.6 is 11.3 Å². The van der Waals surface area contributed by atoms with E-state index in [2.05, 4.69) is 30.5 Å². The lowest BCUT2D eigenvalue weighted by molar-refractivity contribution is 0.0957. The van der Waals surface area contributed by atoms with Crippen molar-refractivity contribution >= 4 is 17.2 Å². The molecule has 0 spiro atoms. The first-order valence-electron chi connectivity index (χ1n) is 8.30. The van der Waals surface area contributed by atoms with Crippen LogP contribution in [0, 0.1) is 12.8 Å². The Morgan fingerprint density at radius 1 is 1.42 bits per heavy atom. The third kappa shape index (κ3) is 4.36. The van der Waals surface area contributed by atoms with Gasteiger partial charge in [-0.05, 0) is 44.7 Å². The molecule has 1 fully saturated rings. The molecule has 6 nitrogen and oxygen atoms in total. The number of hydrogen-bond donors (Lipinski definition) is 1. The molecule has 3 heterocycles. The molecule has 1 N–H and O–H groups in total. The number of hydrogen-bond acceptors (Lipinski definition) is 6. The van der Waals surface area contributed by atoms with Crippen molar-refractivity contribution in [3.63, 3.8) is 0 Å². The van der Waals surface area contributed by atoms with Crippen molar-refractivity contribution in [1.82, 2.24) is 25.2 Å². The van der Waals surface area contributed by atoms with Crippen LogP contribution in [0.5, 0.6) is 0 Å². The van der Waals surface area contributed by atoms with Crippen molar-refractivity contribution in [3.05, 3.63) is 39.9 Å². The Bertz CT molecular complexity index is 688. The predicted molar refractivity (Wildman–Crippen MR) is 94.0 cm³/mol. The summed E-state index contributed by atoms with van der Waals surface area (Å²) in [6, 6.07) is 1.82. The van der Waals surface area contributed by atoms with E-state index in [4.69, 9.17) is 0 Å². The summed E-state index contributed by atoms with van der Waals surface area (Å²) in [7, 11) is 1.62. The van der Waals surface area contributed by atoms with Gasteiger partial charge in [-0.2, -0.15) is 0 Å². The third-order valence-electron chi connectivity index (χ3n) is 4.32. The zero-order chi connectivity index (χ0) is 16.9. The highest BCUT2D eigenvalue weighted by Gasteiger charge is 2.22. The second kappa shape index (κ2) is 7.81. The summed E-state index contributed by atoms with van der Waals surface area (Å²) in [4.78, 5) is 27.4. The van der Waals surface area contributed by atoms with E-state index in [0.29, 0.717) is 17.4 Å². The van der Waals surface area contributed by atoms with Gasteiger partial charge in [0.25, 0.3) is 5.91 Å². The molecule has 1 amide bonds. The summed E-state index contributed by atoms with van der Waals surface area (Å²) in [6.07, 6.45) is 3.29. The van der Waals surface area contributed by atoms with Crippen LogP contribution in [0.2, 0.25) is 0 Å². The standard InChI is InChI=1S/C17H23N5OS/c1-12-20-14(7-16(21-12)17(23)18-2)6-13-4-3-5-22(8-13)9-15-10-24-11-19-15/h7,10-11,13H,3-6,8-9H2,1-2H3,(H,18,23)/t13-/m1/s1. The minimum absolute atomic E-state index is 0.157. The predicted octanol–water partition coefficient (Wildman–Crippen LogP) is 2.06.